The van der Waals surface area contributed by atoms with Crippen LogP contribution < -0.4 is 4.74 Å². The molecular weight excluding hydrogens is 348 g/mol. The molecule has 0 aliphatic heterocycles. The number of unbranched alkanes of at least 4 members (excludes halogenated alkanes) is 7. The maximum Gasteiger partial charge on any atom is 0.336 e. The van der Waals surface area contributed by atoms with Gasteiger partial charge >= 0.3 is 5.97 Å². The summed E-state index contributed by atoms with van der Waals surface area (Å²) >= 11 is 0. The zero-order valence-electron chi connectivity index (χ0n) is 16.7. The van der Waals surface area contributed by atoms with Crippen LogP contribution in [0.3, 0.4) is 0 Å². The van der Waals surface area contributed by atoms with E-state index in [-0.39, 0.29) is 0 Å². The van der Waals surface area contributed by atoms with E-state index in [4.69, 9.17) is 4.74 Å². The number of rotatable bonds is 11. The van der Waals surface area contributed by atoms with E-state index in [0.29, 0.717) is 5.56 Å². The lowest BCUT2D eigenvalue weighted by Gasteiger charge is -2.07. The van der Waals surface area contributed by atoms with Crippen LogP contribution in [0.4, 0.5) is 0 Å². The van der Waals surface area contributed by atoms with Crippen LogP contribution in [0.2, 0.25) is 0 Å². The van der Waals surface area contributed by atoms with E-state index in [9.17, 15) is 9.90 Å². The first kappa shape index (κ1) is 20.2. The summed E-state index contributed by atoms with van der Waals surface area (Å²) in [6.45, 7) is 2.25. The van der Waals surface area contributed by atoms with Gasteiger partial charge in [0.15, 0.2) is 0 Å². The molecule has 0 bridgehead atoms. The van der Waals surface area contributed by atoms with Gasteiger partial charge in [-0.05, 0) is 65.8 Å². The second-order valence-corrected chi connectivity index (χ2v) is 7.54. The molecule has 0 unspecified atom stereocenters. The Morgan fingerprint density at radius 3 is 2.61 bits per heavy atom. The summed E-state index contributed by atoms with van der Waals surface area (Å²) in [5, 5.41) is 9.45. The Balaban J connectivity index is 1.50. The Morgan fingerprint density at radius 2 is 1.82 bits per heavy atom. The molecule has 3 rings (SSSR count). The fraction of sp³-hybridized carbons (Fsp3) is 0.400. The second-order valence-electron chi connectivity index (χ2n) is 7.54. The highest BCUT2D eigenvalue weighted by atomic mass is 16.5. The zero-order valence-corrected chi connectivity index (χ0v) is 16.7. The van der Waals surface area contributed by atoms with Gasteiger partial charge in [-0.15, -0.1) is 0 Å². The van der Waals surface area contributed by atoms with Crippen molar-refractivity contribution in [2.75, 3.05) is 0 Å². The highest BCUT2D eigenvalue weighted by Crippen LogP contribution is 2.40. The van der Waals surface area contributed by atoms with Crippen molar-refractivity contribution < 1.29 is 14.6 Å². The van der Waals surface area contributed by atoms with Gasteiger partial charge in [-0.3, -0.25) is 0 Å². The molecule has 2 aromatic carbocycles. The molecule has 0 saturated heterocycles. The van der Waals surface area contributed by atoms with Crippen molar-refractivity contribution in [2.45, 2.75) is 64.7 Å². The van der Waals surface area contributed by atoms with Gasteiger partial charge in [-0.2, -0.15) is 0 Å². The summed E-state index contributed by atoms with van der Waals surface area (Å²) in [5.74, 6) is -0.0717. The number of allylic oxidation sites excluding steroid dienone is 1. The minimum absolute atomic E-state index is 0.375. The Labute approximate surface area is 168 Å². The van der Waals surface area contributed by atoms with Crippen molar-refractivity contribution in [3.8, 4) is 16.9 Å². The summed E-state index contributed by atoms with van der Waals surface area (Å²) in [6.07, 6.45) is 14.9. The molecule has 3 nitrogen and oxygen atoms in total. The second kappa shape index (κ2) is 10.1. The Kier molecular flexibility index (Phi) is 7.30. The van der Waals surface area contributed by atoms with Crippen LogP contribution in [0.15, 0.2) is 48.7 Å². The fourth-order valence-corrected chi connectivity index (χ4v) is 3.90. The Hall–Kier alpha value is -2.55. The topological polar surface area (TPSA) is 46.5 Å². The van der Waals surface area contributed by atoms with E-state index in [1.54, 1.807) is 12.3 Å². The zero-order chi connectivity index (χ0) is 19.8. The molecule has 0 heterocycles. The van der Waals surface area contributed by atoms with E-state index in [1.165, 1.54) is 44.9 Å². The quantitative estimate of drug-likeness (QED) is 0.289. The maximum absolute atomic E-state index is 11.5. The van der Waals surface area contributed by atoms with E-state index in [2.05, 4.69) is 13.0 Å². The highest BCUT2D eigenvalue weighted by Gasteiger charge is 2.24. The van der Waals surface area contributed by atoms with E-state index in [0.717, 1.165) is 40.8 Å². The summed E-state index contributed by atoms with van der Waals surface area (Å²) < 4.78 is 5.77. The Morgan fingerprint density at radius 1 is 1.04 bits per heavy atom. The van der Waals surface area contributed by atoms with E-state index < -0.39 is 5.97 Å². The molecule has 0 amide bonds. The predicted octanol–water partition coefficient (Wildman–Crippen LogP) is 6.99. The van der Waals surface area contributed by atoms with Gasteiger partial charge in [0.2, 0.25) is 0 Å². The van der Waals surface area contributed by atoms with Gasteiger partial charge in [-0.25, -0.2) is 4.79 Å². The van der Waals surface area contributed by atoms with Gasteiger partial charge < -0.3 is 9.84 Å². The van der Waals surface area contributed by atoms with Crippen molar-refractivity contribution in [3.63, 3.8) is 0 Å². The lowest BCUT2D eigenvalue weighted by atomic mass is 9.99. The van der Waals surface area contributed by atoms with Crippen molar-refractivity contribution in [2.24, 2.45) is 0 Å². The molecule has 3 heteroatoms. The fourth-order valence-electron chi connectivity index (χ4n) is 3.90. The summed E-state index contributed by atoms with van der Waals surface area (Å²) in [6, 6.07) is 11.4. The summed E-state index contributed by atoms with van der Waals surface area (Å²) in [4.78, 5) is 11.5. The molecule has 0 atom stereocenters. The number of benzene rings is 2. The molecule has 1 N–H and O–H groups in total. The maximum atomic E-state index is 11.5. The lowest BCUT2D eigenvalue weighted by Crippen LogP contribution is -1.99. The van der Waals surface area contributed by atoms with E-state index in [1.807, 2.05) is 30.3 Å². The monoisotopic (exact) mass is 378 g/mol. The number of hydrogen-bond acceptors (Lipinski definition) is 2. The van der Waals surface area contributed by atoms with Crippen molar-refractivity contribution in [1.82, 2.24) is 0 Å². The molecule has 1 aliphatic carbocycles. The summed E-state index contributed by atoms with van der Waals surface area (Å²) in [5.41, 5.74) is 4.43. The first-order valence-electron chi connectivity index (χ1n) is 10.5. The van der Waals surface area contributed by atoms with Crippen LogP contribution in [-0.4, -0.2) is 11.1 Å². The van der Waals surface area contributed by atoms with Crippen molar-refractivity contribution >= 4 is 5.97 Å². The number of carboxylic acids is 1. The van der Waals surface area contributed by atoms with Crippen LogP contribution >= 0.6 is 0 Å². The minimum atomic E-state index is -0.877. The van der Waals surface area contributed by atoms with Gasteiger partial charge in [0, 0.05) is 0 Å². The summed E-state index contributed by atoms with van der Waals surface area (Å²) in [7, 11) is 0. The standard InChI is InChI=1S/C25H30O3/c1-2-3-4-5-6-7-8-9-10-16-28-21-14-15-22-20(18-21)17-19-12-11-13-23(24(19)22)25(26)27/h10-16,18H,2-9,17H2,1H3,(H,26,27). The third-order valence-corrected chi connectivity index (χ3v) is 5.38. The highest BCUT2D eigenvalue weighted by molar-refractivity contribution is 5.99. The minimum Gasteiger partial charge on any atom is -0.478 e. The predicted molar refractivity (Wildman–Crippen MR) is 114 cm³/mol. The molecule has 0 radical (unpaired) electrons. The van der Waals surface area contributed by atoms with Gasteiger partial charge in [0.1, 0.15) is 5.75 Å². The first-order valence-corrected chi connectivity index (χ1v) is 10.5. The molecule has 28 heavy (non-hydrogen) atoms. The number of fused-ring (bicyclic) bond motifs is 3. The first-order chi connectivity index (χ1) is 13.7. The largest absolute Gasteiger partial charge is 0.478 e. The van der Waals surface area contributed by atoms with Crippen LogP contribution in [-0.2, 0) is 6.42 Å². The van der Waals surface area contributed by atoms with Crippen LogP contribution in [0.1, 0.15) is 79.8 Å². The molecule has 1 aliphatic rings. The average Bonchev–Trinajstić information content (AvgIpc) is 3.07. The van der Waals surface area contributed by atoms with Crippen LogP contribution in [0, 0.1) is 0 Å². The smallest absolute Gasteiger partial charge is 0.336 e. The van der Waals surface area contributed by atoms with Gasteiger partial charge in [0.25, 0.3) is 0 Å². The number of hydrogen-bond donors (Lipinski definition) is 1. The lowest BCUT2D eigenvalue weighted by molar-refractivity contribution is 0.0697. The van der Waals surface area contributed by atoms with Crippen molar-refractivity contribution in [3.05, 3.63) is 65.4 Å². The molecule has 2 aromatic rings. The van der Waals surface area contributed by atoms with Crippen LogP contribution in [0.25, 0.3) is 11.1 Å². The third kappa shape index (κ3) is 5.03. The van der Waals surface area contributed by atoms with E-state index >= 15 is 0 Å². The van der Waals surface area contributed by atoms with Gasteiger partial charge in [0.05, 0.1) is 11.8 Å². The molecule has 0 fully saturated rings. The van der Waals surface area contributed by atoms with Gasteiger partial charge in [-0.1, -0.05) is 63.6 Å². The number of carboxylic acid groups (broad SMARTS) is 1. The number of aromatic carboxylic acids is 1. The Bertz CT molecular complexity index is 836. The average molecular weight is 379 g/mol. The molecule has 0 aromatic heterocycles. The molecule has 0 spiro atoms. The SMILES string of the molecule is CCCCCCCCCC=COc1ccc2c(c1)Cc1cccc(C(=O)O)c1-2. The molecule has 0 saturated carbocycles. The van der Waals surface area contributed by atoms with Crippen LogP contribution in [0.5, 0.6) is 5.75 Å². The normalized spacial score (nSPS) is 12.2. The molecular formula is C25H30O3. The number of carbonyl (C=O) groups is 1. The van der Waals surface area contributed by atoms with Crippen molar-refractivity contribution in [1.29, 1.82) is 0 Å². The third-order valence-electron chi connectivity index (χ3n) is 5.38. The molecule has 148 valence electrons. The number of ether oxygens (including phenoxy) is 1.